The lowest BCUT2D eigenvalue weighted by molar-refractivity contribution is 0.00359. The van der Waals surface area contributed by atoms with Crippen LogP contribution in [0.25, 0.3) is 0 Å². The molecule has 1 aliphatic rings. The minimum absolute atomic E-state index is 0.00629. The van der Waals surface area contributed by atoms with Crippen LogP contribution in [0, 0.1) is 5.82 Å². The van der Waals surface area contributed by atoms with Crippen molar-refractivity contribution in [2.75, 3.05) is 25.1 Å². The Morgan fingerprint density at radius 2 is 1.92 bits per heavy atom. The zero-order chi connectivity index (χ0) is 17.8. The number of carbonyl (C=O) groups is 2. The second-order valence-corrected chi connectivity index (χ2v) is 5.97. The fourth-order valence-corrected chi connectivity index (χ4v) is 2.76. The van der Waals surface area contributed by atoms with Gasteiger partial charge in [0.2, 0.25) is 0 Å². The van der Waals surface area contributed by atoms with Crippen molar-refractivity contribution in [3.63, 3.8) is 0 Å². The van der Waals surface area contributed by atoms with Crippen molar-refractivity contribution in [1.29, 1.82) is 0 Å². The van der Waals surface area contributed by atoms with E-state index >= 15 is 0 Å². The molecule has 1 unspecified atom stereocenters. The molecule has 1 saturated heterocycles. The van der Waals surface area contributed by atoms with E-state index in [2.05, 4.69) is 5.32 Å². The molecule has 25 heavy (non-hydrogen) atoms. The highest BCUT2D eigenvalue weighted by Gasteiger charge is 2.24. The van der Waals surface area contributed by atoms with Crippen molar-refractivity contribution in [1.82, 2.24) is 4.90 Å². The molecule has 2 amide bonds. The molecule has 0 bridgehead atoms. The maximum absolute atomic E-state index is 13.2. The predicted molar refractivity (Wildman–Crippen MR) is 92.1 cm³/mol. The molecule has 0 radical (unpaired) electrons. The number of rotatable bonds is 3. The van der Waals surface area contributed by atoms with Gasteiger partial charge < -0.3 is 15.0 Å². The second kappa shape index (κ2) is 7.44. The Labute approximate surface area is 145 Å². The van der Waals surface area contributed by atoms with Crippen LogP contribution in [-0.2, 0) is 4.74 Å². The topological polar surface area (TPSA) is 58.6 Å². The van der Waals surface area contributed by atoms with Crippen molar-refractivity contribution in [3.8, 4) is 0 Å². The standard InChI is InChI=1S/C19H19FN2O3/c1-13-12-25-9-8-22(13)19(24)15-5-3-7-17(11-15)21-18(23)14-4-2-6-16(20)10-14/h2-7,10-11,13H,8-9,12H2,1H3,(H,21,23). The van der Waals surface area contributed by atoms with Crippen LogP contribution in [0.15, 0.2) is 48.5 Å². The Hall–Kier alpha value is -2.73. The van der Waals surface area contributed by atoms with Crippen LogP contribution in [-0.4, -0.2) is 42.5 Å². The van der Waals surface area contributed by atoms with Crippen molar-refractivity contribution < 1.29 is 18.7 Å². The minimum atomic E-state index is -0.474. The molecule has 130 valence electrons. The lowest BCUT2D eigenvalue weighted by Crippen LogP contribution is -2.47. The lowest BCUT2D eigenvalue weighted by Gasteiger charge is -2.33. The summed E-state index contributed by atoms with van der Waals surface area (Å²) >= 11 is 0. The number of hydrogen-bond donors (Lipinski definition) is 1. The number of halogens is 1. The number of morpholine rings is 1. The highest BCUT2D eigenvalue weighted by atomic mass is 19.1. The first-order valence-corrected chi connectivity index (χ1v) is 8.10. The SMILES string of the molecule is CC1COCCN1C(=O)c1cccc(NC(=O)c2cccc(F)c2)c1. The Bertz CT molecular complexity index is 794. The van der Waals surface area contributed by atoms with Crippen LogP contribution in [0.4, 0.5) is 10.1 Å². The first-order chi connectivity index (χ1) is 12.0. The first kappa shape index (κ1) is 17.1. The highest BCUT2D eigenvalue weighted by molar-refractivity contribution is 6.05. The van der Waals surface area contributed by atoms with Crippen molar-refractivity contribution >= 4 is 17.5 Å². The van der Waals surface area contributed by atoms with Gasteiger partial charge in [0.05, 0.1) is 19.3 Å². The van der Waals surface area contributed by atoms with E-state index in [1.165, 1.54) is 24.3 Å². The third-order valence-electron chi connectivity index (χ3n) is 4.08. The van der Waals surface area contributed by atoms with Gasteiger partial charge in [0.25, 0.3) is 11.8 Å². The zero-order valence-corrected chi connectivity index (χ0v) is 13.9. The molecule has 1 atom stereocenters. The molecule has 2 aromatic rings. The third-order valence-corrected chi connectivity index (χ3v) is 4.08. The molecule has 6 heteroatoms. The van der Waals surface area contributed by atoms with Crippen LogP contribution < -0.4 is 5.32 Å². The summed E-state index contributed by atoms with van der Waals surface area (Å²) in [6.45, 7) is 3.51. The maximum atomic E-state index is 13.2. The zero-order valence-electron chi connectivity index (χ0n) is 13.9. The normalized spacial score (nSPS) is 17.2. The fraction of sp³-hybridized carbons (Fsp3) is 0.263. The van der Waals surface area contributed by atoms with Gasteiger partial charge >= 0.3 is 0 Å². The molecule has 1 heterocycles. The quantitative estimate of drug-likeness (QED) is 0.933. The summed E-state index contributed by atoms with van der Waals surface area (Å²) in [5, 5.41) is 2.69. The molecular formula is C19H19FN2O3. The number of hydrogen-bond acceptors (Lipinski definition) is 3. The number of amides is 2. The summed E-state index contributed by atoms with van der Waals surface area (Å²) in [4.78, 5) is 26.6. The third kappa shape index (κ3) is 4.03. The van der Waals surface area contributed by atoms with Gasteiger partial charge in [-0.05, 0) is 43.3 Å². The van der Waals surface area contributed by atoms with Gasteiger partial charge in [-0.25, -0.2) is 4.39 Å². The van der Waals surface area contributed by atoms with Crippen LogP contribution in [0.2, 0.25) is 0 Å². The average molecular weight is 342 g/mol. The Morgan fingerprint density at radius 3 is 2.68 bits per heavy atom. The van der Waals surface area contributed by atoms with E-state index in [4.69, 9.17) is 4.74 Å². The number of carbonyl (C=O) groups excluding carboxylic acids is 2. The molecule has 1 fully saturated rings. The minimum Gasteiger partial charge on any atom is -0.377 e. The van der Waals surface area contributed by atoms with Gasteiger partial charge in [-0.1, -0.05) is 12.1 Å². The smallest absolute Gasteiger partial charge is 0.255 e. The van der Waals surface area contributed by atoms with E-state index in [-0.39, 0.29) is 17.5 Å². The molecule has 0 aliphatic carbocycles. The van der Waals surface area contributed by atoms with Crippen molar-refractivity contribution in [2.24, 2.45) is 0 Å². The lowest BCUT2D eigenvalue weighted by atomic mass is 10.1. The maximum Gasteiger partial charge on any atom is 0.255 e. The van der Waals surface area contributed by atoms with Gasteiger partial charge in [-0.15, -0.1) is 0 Å². The molecule has 5 nitrogen and oxygen atoms in total. The van der Waals surface area contributed by atoms with E-state index < -0.39 is 11.7 Å². The Kier molecular flexibility index (Phi) is 5.09. The summed E-state index contributed by atoms with van der Waals surface area (Å²) in [5.41, 5.74) is 1.20. The van der Waals surface area contributed by atoms with Crippen molar-refractivity contribution in [2.45, 2.75) is 13.0 Å². The van der Waals surface area contributed by atoms with E-state index in [1.807, 2.05) is 6.92 Å². The van der Waals surface area contributed by atoms with Crippen LogP contribution in [0.3, 0.4) is 0 Å². The summed E-state index contributed by atoms with van der Waals surface area (Å²) in [6, 6.07) is 12.2. The Morgan fingerprint density at radius 1 is 1.16 bits per heavy atom. The number of anilines is 1. The molecule has 1 aliphatic heterocycles. The Balaban J connectivity index is 1.75. The van der Waals surface area contributed by atoms with Gasteiger partial charge in [0, 0.05) is 23.4 Å². The van der Waals surface area contributed by atoms with Crippen molar-refractivity contribution in [3.05, 3.63) is 65.5 Å². The van der Waals surface area contributed by atoms with Crippen LogP contribution in [0.1, 0.15) is 27.6 Å². The number of nitrogens with one attached hydrogen (secondary N) is 1. The number of benzene rings is 2. The van der Waals surface area contributed by atoms with Gasteiger partial charge in [-0.2, -0.15) is 0 Å². The van der Waals surface area contributed by atoms with Gasteiger partial charge in [0.1, 0.15) is 5.82 Å². The predicted octanol–water partition coefficient (Wildman–Crippen LogP) is 2.94. The molecule has 2 aromatic carbocycles. The highest BCUT2D eigenvalue weighted by Crippen LogP contribution is 2.17. The van der Waals surface area contributed by atoms with E-state index in [1.54, 1.807) is 29.2 Å². The van der Waals surface area contributed by atoms with E-state index in [0.29, 0.717) is 31.0 Å². The van der Waals surface area contributed by atoms with Gasteiger partial charge in [0.15, 0.2) is 0 Å². The summed E-state index contributed by atoms with van der Waals surface area (Å²) < 4.78 is 18.6. The summed E-state index contributed by atoms with van der Waals surface area (Å²) in [7, 11) is 0. The number of nitrogens with zero attached hydrogens (tertiary/aromatic N) is 1. The largest absolute Gasteiger partial charge is 0.377 e. The molecule has 0 spiro atoms. The van der Waals surface area contributed by atoms with E-state index in [0.717, 1.165) is 0 Å². The second-order valence-electron chi connectivity index (χ2n) is 5.97. The average Bonchev–Trinajstić information content (AvgIpc) is 2.62. The summed E-state index contributed by atoms with van der Waals surface area (Å²) in [5.74, 6) is -1.00. The monoisotopic (exact) mass is 342 g/mol. The van der Waals surface area contributed by atoms with Gasteiger partial charge in [-0.3, -0.25) is 9.59 Å². The van der Waals surface area contributed by atoms with E-state index in [9.17, 15) is 14.0 Å². The van der Waals surface area contributed by atoms with Crippen LogP contribution in [0.5, 0.6) is 0 Å². The molecule has 1 N–H and O–H groups in total. The fourth-order valence-electron chi connectivity index (χ4n) is 2.76. The first-order valence-electron chi connectivity index (χ1n) is 8.10. The van der Waals surface area contributed by atoms with Crippen LogP contribution >= 0.6 is 0 Å². The molecular weight excluding hydrogens is 323 g/mol. The molecule has 3 rings (SSSR count). The summed E-state index contributed by atoms with van der Waals surface area (Å²) in [6.07, 6.45) is 0. The molecule has 0 saturated carbocycles. The molecule has 0 aromatic heterocycles. The number of ether oxygens (including phenoxy) is 1.